The average molecular weight is 260 g/mol. The van der Waals surface area contributed by atoms with E-state index in [1.54, 1.807) is 18.2 Å². The van der Waals surface area contributed by atoms with Crippen LogP contribution in [0.15, 0.2) is 18.2 Å². The summed E-state index contributed by atoms with van der Waals surface area (Å²) in [4.78, 5) is 33.7. The first kappa shape index (κ1) is 13.3. The number of nitrogens with one attached hydrogen (secondary N) is 1. The lowest BCUT2D eigenvalue weighted by Crippen LogP contribution is -2.31. The van der Waals surface area contributed by atoms with E-state index in [0.717, 1.165) is 5.56 Å². The number of carboxylic acid groups (broad SMARTS) is 1. The van der Waals surface area contributed by atoms with Gasteiger partial charge in [0.05, 0.1) is 0 Å². The Kier molecular flexibility index (Phi) is 3.64. The number of hydrogen-bond donors (Lipinski definition) is 1. The van der Waals surface area contributed by atoms with Crippen molar-refractivity contribution < 1.29 is 19.5 Å². The molecule has 100 valence electrons. The molecular formula is C14H14NO4-. The SMILES string of the molecule is CC(=O)Nc1ccc2c(c1)CCC(CC(=O)[O-])C2=O. The molecule has 0 saturated carbocycles. The molecule has 0 heterocycles. The number of anilines is 1. The first-order valence-electron chi connectivity index (χ1n) is 6.12. The maximum absolute atomic E-state index is 12.1. The highest BCUT2D eigenvalue weighted by atomic mass is 16.4. The van der Waals surface area contributed by atoms with Gasteiger partial charge < -0.3 is 15.2 Å². The first-order chi connectivity index (χ1) is 8.97. The van der Waals surface area contributed by atoms with Crippen LogP contribution in [0, 0.1) is 5.92 Å². The fraction of sp³-hybridized carbons (Fsp3) is 0.357. The number of carbonyl (C=O) groups is 3. The third-order valence-corrected chi connectivity index (χ3v) is 3.24. The second-order valence-corrected chi connectivity index (χ2v) is 4.73. The molecule has 1 N–H and O–H groups in total. The summed E-state index contributed by atoms with van der Waals surface area (Å²) in [7, 11) is 0. The van der Waals surface area contributed by atoms with Crippen LogP contribution in [-0.4, -0.2) is 17.7 Å². The molecular weight excluding hydrogens is 246 g/mol. The largest absolute Gasteiger partial charge is 0.550 e. The second-order valence-electron chi connectivity index (χ2n) is 4.73. The monoisotopic (exact) mass is 260 g/mol. The minimum Gasteiger partial charge on any atom is -0.550 e. The molecule has 0 fully saturated rings. The van der Waals surface area contributed by atoms with Gasteiger partial charge in [-0.2, -0.15) is 0 Å². The van der Waals surface area contributed by atoms with Gasteiger partial charge >= 0.3 is 0 Å². The number of Topliss-reactive ketones (excluding diaryl/α,β-unsaturated/α-hetero) is 1. The summed E-state index contributed by atoms with van der Waals surface area (Å²) < 4.78 is 0. The van der Waals surface area contributed by atoms with Gasteiger partial charge in [0, 0.05) is 30.1 Å². The van der Waals surface area contributed by atoms with Crippen LogP contribution in [0.1, 0.15) is 35.7 Å². The van der Waals surface area contributed by atoms with Crippen molar-refractivity contribution in [2.45, 2.75) is 26.2 Å². The van der Waals surface area contributed by atoms with E-state index in [-0.39, 0.29) is 18.1 Å². The van der Waals surface area contributed by atoms with E-state index >= 15 is 0 Å². The number of carboxylic acids is 1. The number of fused-ring (bicyclic) bond motifs is 1. The molecule has 2 rings (SSSR count). The summed E-state index contributed by atoms with van der Waals surface area (Å²) in [5.41, 5.74) is 2.05. The fourth-order valence-electron chi connectivity index (χ4n) is 2.40. The van der Waals surface area contributed by atoms with Crippen LogP contribution in [0.2, 0.25) is 0 Å². The lowest BCUT2D eigenvalue weighted by molar-refractivity contribution is -0.306. The smallest absolute Gasteiger partial charge is 0.221 e. The van der Waals surface area contributed by atoms with Crippen molar-refractivity contribution in [2.24, 2.45) is 5.92 Å². The predicted octanol–water partition coefficient (Wildman–Crippen LogP) is 0.530. The molecule has 0 bridgehead atoms. The number of aliphatic carboxylic acids is 1. The van der Waals surface area contributed by atoms with Gasteiger partial charge in [-0.1, -0.05) is 0 Å². The summed E-state index contributed by atoms with van der Waals surface area (Å²) in [6, 6.07) is 5.06. The average Bonchev–Trinajstić information content (AvgIpc) is 2.31. The summed E-state index contributed by atoms with van der Waals surface area (Å²) in [6.07, 6.45) is 0.904. The van der Waals surface area contributed by atoms with Gasteiger partial charge in [-0.25, -0.2) is 0 Å². The van der Waals surface area contributed by atoms with E-state index in [4.69, 9.17) is 0 Å². The maximum Gasteiger partial charge on any atom is 0.221 e. The number of amides is 1. The minimum atomic E-state index is -1.20. The van der Waals surface area contributed by atoms with E-state index < -0.39 is 11.9 Å². The van der Waals surface area contributed by atoms with E-state index in [2.05, 4.69) is 5.32 Å². The van der Waals surface area contributed by atoms with Crippen molar-refractivity contribution in [1.29, 1.82) is 0 Å². The normalized spacial score (nSPS) is 17.7. The van der Waals surface area contributed by atoms with Crippen molar-refractivity contribution in [3.63, 3.8) is 0 Å². The summed E-state index contributed by atoms with van der Waals surface area (Å²) in [5, 5.41) is 13.2. The molecule has 19 heavy (non-hydrogen) atoms. The molecule has 0 aromatic heterocycles. The Bertz CT molecular complexity index is 550. The van der Waals surface area contributed by atoms with Gasteiger partial charge in [0.1, 0.15) is 0 Å². The van der Waals surface area contributed by atoms with E-state index in [1.807, 2.05) is 0 Å². The van der Waals surface area contributed by atoms with Gasteiger partial charge in [0.2, 0.25) is 5.91 Å². The molecule has 5 heteroatoms. The number of hydrogen-bond acceptors (Lipinski definition) is 4. The Morgan fingerprint density at radius 1 is 1.42 bits per heavy atom. The number of rotatable bonds is 3. The zero-order valence-corrected chi connectivity index (χ0v) is 10.6. The molecule has 1 aliphatic rings. The second kappa shape index (κ2) is 5.22. The van der Waals surface area contributed by atoms with Crippen molar-refractivity contribution in [2.75, 3.05) is 5.32 Å². The molecule has 1 aliphatic carbocycles. The Hall–Kier alpha value is -2.17. The lowest BCUT2D eigenvalue weighted by Gasteiger charge is -2.24. The van der Waals surface area contributed by atoms with Gasteiger partial charge in [-0.15, -0.1) is 0 Å². The highest BCUT2D eigenvalue weighted by molar-refractivity contribution is 6.02. The van der Waals surface area contributed by atoms with Crippen molar-refractivity contribution in [3.8, 4) is 0 Å². The van der Waals surface area contributed by atoms with Crippen LogP contribution >= 0.6 is 0 Å². The summed E-state index contributed by atoms with van der Waals surface area (Å²) >= 11 is 0. The van der Waals surface area contributed by atoms with E-state index in [0.29, 0.717) is 24.1 Å². The molecule has 1 aromatic carbocycles. The third kappa shape index (κ3) is 2.99. The van der Waals surface area contributed by atoms with Gasteiger partial charge in [0.15, 0.2) is 5.78 Å². The van der Waals surface area contributed by atoms with Crippen molar-refractivity contribution in [3.05, 3.63) is 29.3 Å². The van der Waals surface area contributed by atoms with Crippen molar-refractivity contribution >= 4 is 23.3 Å². The maximum atomic E-state index is 12.1. The molecule has 1 atom stereocenters. The standard InChI is InChI=1S/C14H15NO4/c1-8(16)15-11-4-5-12-9(6-11)2-3-10(14(12)19)7-13(17)18/h4-6,10H,2-3,7H2,1H3,(H,15,16)(H,17,18)/p-1. The summed E-state index contributed by atoms with van der Waals surface area (Å²) in [6.45, 7) is 1.42. The lowest BCUT2D eigenvalue weighted by atomic mass is 9.81. The Morgan fingerprint density at radius 2 is 2.16 bits per heavy atom. The third-order valence-electron chi connectivity index (χ3n) is 3.24. The number of carbonyl (C=O) groups excluding carboxylic acids is 3. The zero-order valence-electron chi connectivity index (χ0n) is 10.6. The zero-order chi connectivity index (χ0) is 14.0. The van der Waals surface area contributed by atoms with Gasteiger partial charge in [-0.3, -0.25) is 9.59 Å². The predicted molar refractivity (Wildman–Crippen MR) is 66.5 cm³/mol. The van der Waals surface area contributed by atoms with Crippen LogP contribution in [0.4, 0.5) is 5.69 Å². The molecule has 1 unspecified atom stereocenters. The van der Waals surface area contributed by atoms with Crippen LogP contribution in [0.25, 0.3) is 0 Å². The molecule has 1 aromatic rings. The fourth-order valence-corrected chi connectivity index (χ4v) is 2.40. The number of ketones is 1. The molecule has 0 radical (unpaired) electrons. The van der Waals surface area contributed by atoms with Crippen LogP contribution < -0.4 is 10.4 Å². The molecule has 0 aliphatic heterocycles. The van der Waals surface area contributed by atoms with E-state index in [9.17, 15) is 19.5 Å². The number of benzene rings is 1. The van der Waals surface area contributed by atoms with Crippen LogP contribution in [-0.2, 0) is 16.0 Å². The highest BCUT2D eigenvalue weighted by Crippen LogP contribution is 2.29. The molecule has 0 spiro atoms. The number of aryl methyl sites for hydroxylation is 1. The Balaban J connectivity index is 2.23. The highest BCUT2D eigenvalue weighted by Gasteiger charge is 2.27. The molecule has 1 amide bonds. The molecule has 0 saturated heterocycles. The van der Waals surface area contributed by atoms with Gasteiger partial charge in [-0.05, 0) is 43.0 Å². The van der Waals surface area contributed by atoms with Crippen LogP contribution in [0.3, 0.4) is 0 Å². The van der Waals surface area contributed by atoms with E-state index in [1.165, 1.54) is 6.92 Å². The Labute approximate surface area is 110 Å². The topological polar surface area (TPSA) is 86.3 Å². The van der Waals surface area contributed by atoms with Crippen LogP contribution in [0.5, 0.6) is 0 Å². The van der Waals surface area contributed by atoms with Crippen molar-refractivity contribution in [1.82, 2.24) is 0 Å². The Morgan fingerprint density at radius 3 is 2.79 bits per heavy atom. The minimum absolute atomic E-state index is 0.153. The summed E-state index contributed by atoms with van der Waals surface area (Å²) in [5.74, 6) is -2.02. The molecule has 5 nitrogen and oxygen atoms in total. The van der Waals surface area contributed by atoms with Gasteiger partial charge in [0.25, 0.3) is 0 Å². The first-order valence-corrected chi connectivity index (χ1v) is 6.12. The quantitative estimate of drug-likeness (QED) is 0.858.